The van der Waals surface area contributed by atoms with Crippen LogP contribution in [0.3, 0.4) is 0 Å². The predicted octanol–water partition coefficient (Wildman–Crippen LogP) is 2.31. The smallest absolute Gasteiger partial charge is 0.244 e. The van der Waals surface area contributed by atoms with E-state index >= 15 is 0 Å². The first-order chi connectivity index (χ1) is 9.54. The van der Waals surface area contributed by atoms with Crippen LogP contribution in [0, 0.1) is 12.8 Å². The van der Waals surface area contributed by atoms with Crippen molar-refractivity contribution in [3.05, 3.63) is 22.2 Å². The lowest BCUT2D eigenvalue weighted by molar-refractivity contribution is -0.116. The third kappa shape index (κ3) is 4.42. The fraction of sp³-hybridized carbons (Fsp3) is 0.600. The highest BCUT2D eigenvalue weighted by atomic mass is 32.1. The van der Waals surface area contributed by atoms with Crippen LogP contribution in [0.15, 0.2) is 11.5 Å². The lowest BCUT2D eigenvalue weighted by atomic mass is 10.1. The minimum Gasteiger partial charge on any atom is -0.352 e. The molecule has 20 heavy (non-hydrogen) atoms. The molecule has 1 atom stereocenters. The van der Waals surface area contributed by atoms with Gasteiger partial charge in [-0.3, -0.25) is 4.79 Å². The van der Waals surface area contributed by atoms with Gasteiger partial charge in [0, 0.05) is 30.6 Å². The van der Waals surface area contributed by atoms with Crippen molar-refractivity contribution in [2.24, 2.45) is 5.92 Å². The first-order valence-electron chi connectivity index (χ1n) is 7.16. The number of hydrogen-bond acceptors (Lipinski definition) is 4. The molecule has 0 spiro atoms. The largest absolute Gasteiger partial charge is 0.352 e. The van der Waals surface area contributed by atoms with Gasteiger partial charge in [0.25, 0.3) is 0 Å². The van der Waals surface area contributed by atoms with Crippen LogP contribution < -0.4 is 5.32 Å². The van der Waals surface area contributed by atoms with E-state index in [1.54, 1.807) is 23.5 Å². The Balaban J connectivity index is 1.72. The maximum atomic E-state index is 11.8. The Hall–Kier alpha value is -1.20. The zero-order chi connectivity index (χ0) is 14.5. The lowest BCUT2D eigenvalue weighted by Crippen LogP contribution is -2.32. The molecular weight excluding hydrogens is 270 g/mol. The van der Waals surface area contributed by atoms with E-state index in [4.69, 9.17) is 0 Å². The Morgan fingerprint density at radius 2 is 2.45 bits per heavy atom. The van der Waals surface area contributed by atoms with E-state index in [0.29, 0.717) is 12.0 Å². The number of rotatable bonds is 5. The van der Waals surface area contributed by atoms with E-state index < -0.39 is 0 Å². The second-order valence-electron chi connectivity index (χ2n) is 5.61. The second-order valence-corrected chi connectivity index (χ2v) is 6.68. The number of nitrogens with one attached hydrogen (secondary N) is 1. The Morgan fingerprint density at radius 1 is 1.65 bits per heavy atom. The van der Waals surface area contributed by atoms with Crippen LogP contribution in [0.4, 0.5) is 0 Å². The van der Waals surface area contributed by atoms with E-state index in [9.17, 15) is 4.79 Å². The number of aryl methyl sites for hydroxylation is 1. The molecule has 1 N–H and O–H groups in total. The summed E-state index contributed by atoms with van der Waals surface area (Å²) in [6.45, 7) is 9.41. The van der Waals surface area contributed by atoms with E-state index in [-0.39, 0.29) is 5.91 Å². The molecule has 1 aliphatic rings. The molecule has 0 aliphatic carbocycles. The predicted molar refractivity (Wildman–Crippen MR) is 83.7 cm³/mol. The summed E-state index contributed by atoms with van der Waals surface area (Å²) in [7, 11) is 0. The van der Waals surface area contributed by atoms with Gasteiger partial charge in [-0.05, 0) is 45.7 Å². The molecule has 4 nitrogen and oxygen atoms in total. The second kappa shape index (κ2) is 6.99. The van der Waals surface area contributed by atoms with Gasteiger partial charge in [-0.15, -0.1) is 11.3 Å². The SMILES string of the molecule is Cc1nc(/C=C\C(=O)NC[C@H]2CCN(C(C)C)C2)cs1. The van der Waals surface area contributed by atoms with Gasteiger partial charge in [0.15, 0.2) is 0 Å². The van der Waals surface area contributed by atoms with Crippen LogP contribution in [-0.4, -0.2) is 41.5 Å². The molecular formula is C15H23N3OS. The molecule has 0 radical (unpaired) electrons. The summed E-state index contributed by atoms with van der Waals surface area (Å²) in [4.78, 5) is 18.5. The maximum absolute atomic E-state index is 11.8. The molecule has 0 saturated carbocycles. The normalized spacial score (nSPS) is 20.1. The monoisotopic (exact) mass is 293 g/mol. The molecule has 2 rings (SSSR count). The van der Waals surface area contributed by atoms with Crippen molar-refractivity contribution in [3.63, 3.8) is 0 Å². The number of hydrogen-bond donors (Lipinski definition) is 1. The van der Waals surface area contributed by atoms with Gasteiger partial charge >= 0.3 is 0 Å². The summed E-state index contributed by atoms with van der Waals surface area (Å²) < 4.78 is 0. The Morgan fingerprint density at radius 3 is 3.05 bits per heavy atom. The van der Waals surface area contributed by atoms with E-state index in [2.05, 4.69) is 29.0 Å². The summed E-state index contributed by atoms with van der Waals surface area (Å²) >= 11 is 1.59. The molecule has 1 aromatic rings. The maximum Gasteiger partial charge on any atom is 0.244 e. The van der Waals surface area contributed by atoms with Gasteiger partial charge < -0.3 is 10.2 Å². The average molecular weight is 293 g/mol. The van der Waals surface area contributed by atoms with Crippen molar-refractivity contribution < 1.29 is 4.79 Å². The van der Waals surface area contributed by atoms with Crippen LogP contribution in [0.5, 0.6) is 0 Å². The van der Waals surface area contributed by atoms with Crippen molar-refractivity contribution in [1.29, 1.82) is 0 Å². The van der Waals surface area contributed by atoms with Gasteiger partial charge in [0.2, 0.25) is 5.91 Å². The molecule has 1 aromatic heterocycles. The number of nitrogens with zero attached hydrogens (tertiary/aromatic N) is 2. The summed E-state index contributed by atoms with van der Waals surface area (Å²) in [5.41, 5.74) is 0.856. The highest BCUT2D eigenvalue weighted by molar-refractivity contribution is 7.09. The van der Waals surface area contributed by atoms with Crippen LogP contribution in [-0.2, 0) is 4.79 Å². The molecule has 1 amide bonds. The van der Waals surface area contributed by atoms with Gasteiger partial charge in [-0.1, -0.05) is 0 Å². The topological polar surface area (TPSA) is 45.2 Å². The molecule has 0 bridgehead atoms. The number of carbonyl (C=O) groups excluding carboxylic acids is 1. The first-order valence-corrected chi connectivity index (χ1v) is 8.04. The Labute approximate surface area is 124 Å². The summed E-state index contributed by atoms with van der Waals surface area (Å²) in [5.74, 6) is 0.551. The minimum absolute atomic E-state index is 0.0290. The lowest BCUT2D eigenvalue weighted by Gasteiger charge is -2.20. The van der Waals surface area contributed by atoms with Crippen LogP contribution in [0.1, 0.15) is 31.0 Å². The van der Waals surface area contributed by atoms with Gasteiger partial charge in [-0.2, -0.15) is 0 Å². The number of thiazole rings is 1. The minimum atomic E-state index is -0.0290. The molecule has 1 aliphatic heterocycles. The fourth-order valence-electron chi connectivity index (χ4n) is 2.42. The zero-order valence-electron chi connectivity index (χ0n) is 12.4. The number of carbonyl (C=O) groups is 1. The number of amides is 1. The molecule has 1 saturated heterocycles. The molecule has 1 fully saturated rings. The van der Waals surface area contributed by atoms with E-state index in [1.165, 1.54) is 6.42 Å². The molecule has 110 valence electrons. The van der Waals surface area contributed by atoms with Crippen LogP contribution in [0.2, 0.25) is 0 Å². The molecule has 5 heteroatoms. The van der Waals surface area contributed by atoms with Gasteiger partial charge in [0.1, 0.15) is 0 Å². The highest BCUT2D eigenvalue weighted by Crippen LogP contribution is 2.17. The van der Waals surface area contributed by atoms with Crippen molar-refractivity contribution in [2.75, 3.05) is 19.6 Å². The Bertz CT molecular complexity index is 481. The van der Waals surface area contributed by atoms with Gasteiger partial charge in [-0.25, -0.2) is 4.98 Å². The van der Waals surface area contributed by atoms with Crippen molar-refractivity contribution >= 4 is 23.3 Å². The van der Waals surface area contributed by atoms with Crippen LogP contribution in [0.25, 0.3) is 6.08 Å². The van der Waals surface area contributed by atoms with Gasteiger partial charge in [0.05, 0.1) is 10.7 Å². The van der Waals surface area contributed by atoms with Crippen molar-refractivity contribution in [2.45, 2.75) is 33.2 Å². The number of likely N-dealkylation sites (tertiary alicyclic amines) is 1. The zero-order valence-corrected chi connectivity index (χ0v) is 13.2. The molecule has 0 aromatic carbocycles. The molecule has 0 unspecified atom stereocenters. The first kappa shape index (κ1) is 15.2. The fourth-order valence-corrected chi connectivity index (χ4v) is 3.00. The third-order valence-corrected chi connectivity index (χ3v) is 4.45. The Kier molecular flexibility index (Phi) is 5.31. The highest BCUT2D eigenvalue weighted by Gasteiger charge is 2.23. The van der Waals surface area contributed by atoms with Crippen LogP contribution >= 0.6 is 11.3 Å². The van der Waals surface area contributed by atoms with E-state index in [1.807, 2.05) is 12.3 Å². The third-order valence-electron chi connectivity index (χ3n) is 3.65. The average Bonchev–Trinajstić information content (AvgIpc) is 3.03. The standard InChI is InChI=1S/C15H23N3OS/c1-11(2)18-7-6-13(9-18)8-16-15(19)5-4-14-10-20-12(3)17-14/h4-5,10-11,13H,6-9H2,1-3H3,(H,16,19)/b5-4-/t13-/m1/s1. The number of aromatic nitrogens is 1. The summed E-state index contributed by atoms with van der Waals surface area (Å²) in [6, 6.07) is 0.600. The quantitative estimate of drug-likeness (QED) is 0.847. The van der Waals surface area contributed by atoms with Crippen molar-refractivity contribution in [1.82, 2.24) is 15.2 Å². The van der Waals surface area contributed by atoms with E-state index in [0.717, 1.165) is 30.3 Å². The molecule has 2 heterocycles. The summed E-state index contributed by atoms with van der Waals surface area (Å²) in [5, 5.41) is 5.96. The summed E-state index contributed by atoms with van der Waals surface area (Å²) in [6.07, 6.45) is 4.52. The van der Waals surface area contributed by atoms with Crippen molar-refractivity contribution in [3.8, 4) is 0 Å².